The Bertz CT molecular complexity index is 133. The van der Waals surface area contributed by atoms with Crippen molar-refractivity contribution in [3.8, 4) is 0 Å². The summed E-state index contributed by atoms with van der Waals surface area (Å²) in [5.41, 5.74) is 0. The van der Waals surface area contributed by atoms with Crippen LogP contribution in [-0.2, 0) is 0 Å². The Kier molecular flexibility index (Phi) is 14.0. The predicted octanol–water partition coefficient (Wildman–Crippen LogP) is 5.31. The quantitative estimate of drug-likeness (QED) is 0.387. The van der Waals surface area contributed by atoms with Crippen LogP contribution < -0.4 is 5.32 Å². The van der Waals surface area contributed by atoms with Crippen LogP contribution in [-0.4, -0.2) is 12.6 Å². The van der Waals surface area contributed by atoms with Gasteiger partial charge in [0, 0.05) is 12.6 Å². The molecule has 1 heteroatoms. The van der Waals surface area contributed by atoms with E-state index >= 15 is 0 Å². The highest BCUT2D eigenvalue weighted by molar-refractivity contribution is 4.60. The first-order valence-corrected chi connectivity index (χ1v) is 7.97. The van der Waals surface area contributed by atoms with Gasteiger partial charge in [0.05, 0.1) is 0 Å². The van der Waals surface area contributed by atoms with Crippen LogP contribution in [0.2, 0.25) is 0 Å². The van der Waals surface area contributed by atoms with Gasteiger partial charge in [-0.3, -0.25) is 0 Å². The molecule has 0 bridgehead atoms. The molecule has 17 heavy (non-hydrogen) atoms. The second-order valence-electron chi connectivity index (χ2n) is 5.37. The van der Waals surface area contributed by atoms with Gasteiger partial charge >= 0.3 is 0 Å². The van der Waals surface area contributed by atoms with E-state index in [9.17, 15) is 0 Å². The minimum absolute atomic E-state index is 0.600. The van der Waals surface area contributed by atoms with Gasteiger partial charge in [0.2, 0.25) is 0 Å². The summed E-state index contributed by atoms with van der Waals surface area (Å²) < 4.78 is 0. The van der Waals surface area contributed by atoms with E-state index in [0.29, 0.717) is 6.04 Å². The Balaban J connectivity index is 3.08. The Hall–Kier alpha value is -0.0400. The van der Waals surface area contributed by atoms with Crippen LogP contribution in [0.4, 0.5) is 0 Å². The fraction of sp³-hybridized carbons (Fsp3) is 1.00. The molecule has 0 rings (SSSR count). The molecule has 0 amide bonds. The molecule has 0 aliphatic carbocycles. The second-order valence-corrected chi connectivity index (χ2v) is 5.37. The third kappa shape index (κ3) is 13.9. The summed E-state index contributed by atoms with van der Waals surface area (Å²) in [7, 11) is 0. The van der Waals surface area contributed by atoms with Crippen molar-refractivity contribution < 1.29 is 0 Å². The number of hydrogen-bond donors (Lipinski definition) is 0. The highest BCUT2D eigenvalue weighted by atomic mass is 14.9. The summed E-state index contributed by atoms with van der Waals surface area (Å²) in [6.45, 7) is 7.90. The molecule has 0 N–H and O–H groups in total. The van der Waals surface area contributed by atoms with Crippen molar-refractivity contribution in [2.45, 2.75) is 97.4 Å². The van der Waals surface area contributed by atoms with E-state index in [1.165, 1.54) is 70.6 Å². The summed E-state index contributed by atoms with van der Waals surface area (Å²) in [6, 6.07) is 0.600. The van der Waals surface area contributed by atoms with Gasteiger partial charge < -0.3 is 0 Å². The van der Waals surface area contributed by atoms with Crippen molar-refractivity contribution in [1.29, 1.82) is 0 Å². The smallest absolute Gasteiger partial charge is 0.0217 e. The Labute approximate surface area is 110 Å². The van der Waals surface area contributed by atoms with Crippen molar-refractivity contribution in [1.82, 2.24) is 5.32 Å². The molecular formula is C16H34N. The third-order valence-electron chi connectivity index (χ3n) is 3.43. The zero-order chi connectivity index (χ0) is 12.8. The van der Waals surface area contributed by atoms with Crippen LogP contribution in [0.5, 0.6) is 0 Å². The molecule has 0 fully saturated rings. The molecule has 0 aromatic carbocycles. The summed E-state index contributed by atoms with van der Waals surface area (Å²) in [5.74, 6) is 0. The third-order valence-corrected chi connectivity index (χ3v) is 3.43. The van der Waals surface area contributed by atoms with Crippen LogP contribution in [0.3, 0.4) is 0 Å². The Morgan fingerprint density at radius 3 is 1.88 bits per heavy atom. The topological polar surface area (TPSA) is 14.1 Å². The lowest BCUT2D eigenvalue weighted by molar-refractivity contribution is 0.461. The highest BCUT2D eigenvalue weighted by Gasteiger charge is 2.01. The zero-order valence-corrected chi connectivity index (χ0v) is 12.5. The van der Waals surface area contributed by atoms with Crippen molar-refractivity contribution in [2.75, 3.05) is 6.54 Å². The molecule has 0 spiro atoms. The highest BCUT2D eigenvalue weighted by Crippen LogP contribution is 2.10. The average molecular weight is 240 g/mol. The first-order chi connectivity index (χ1) is 8.31. The van der Waals surface area contributed by atoms with Gasteiger partial charge in [-0.2, -0.15) is 0 Å². The number of hydrogen-bond acceptors (Lipinski definition) is 0. The molecule has 0 heterocycles. The van der Waals surface area contributed by atoms with Crippen LogP contribution in [0.15, 0.2) is 0 Å². The maximum Gasteiger partial charge on any atom is 0.0217 e. The molecule has 0 aromatic rings. The van der Waals surface area contributed by atoms with Gasteiger partial charge in [-0.25, -0.2) is 5.32 Å². The lowest BCUT2D eigenvalue weighted by atomic mass is 10.1. The summed E-state index contributed by atoms with van der Waals surface area (Å²) in [5, 5.41) is 4.71. The maximum absolute atomic E-state index is 4.71. The van der Waals surface area contributed by atoms with Gasteiger partial charge in [-0.05, 0) is 19.8 Å². The Morgan fingerprint density at radius 1 is 0.706 bits per heavy atom. The van der Waals surface area contributed by atoms with E-state index in [1.807, 2.05) is 0 Å². The van der Waals surface area contributed by atoms with E-state index in [1.54, 1.807) is 0 Å². The Morgan fingerprint density at radius 2 is 1.24 bits per heavy atom. The van der Waals surface area contributed by atoms with E-state index < -0.39 is 0 Å². The molecule has 1 atom stereocenters. The molecule has 0 saturated heterocycles. The molecule has 1 unspecified atom stereocenters. The first kappa shape index (κ1) is 17.0. The van der Waals surface area contributed by atoms with Crippen molar-refractivity contribution in [2.24, 2.45) is 0 Å². The average Bonchev–Trinajstić information content (AvgIpc) is 2.33. The van der Waals surface area contributed by atoms with E-state index in [2.05, 4.69) is 20.8 Å². The lowest BCUT2D eigenvalue weighted by Gasteiger charge is -2.11. The van der Waals surface area contributed by atoms with Gasteiger partial charge in [-0.1, -0.05) is 71.6 Å². The largest absolute Gasteiger partial charge is 0.239 e. The molecule has 103 valence electrons. The van der Waals surface area contributed by atoms with Gasteiger partial charge in [0.25, 0.3) is 0 Å². The zero-order valence-electron chi connectivity index (χ0n) is 12.5. The van der Waals surface area contributed by atoms with Gasteiger partial charge in [0.15, 0.2) is 0 Å². The molecule has 0 aromatic heterocycles. The summed E-state index contributed by atoms with van der Waals surface area (Å²) in [4.78, 5) is 0. The molecule has 1 nitrogen and oxygen atoms in total. The molecule has 0 aliphatic rings. The van der Waals surface area contributed by atoms with E-state index in [-0.39, 0.29) is 0 Å². The SMILES string of the molecule is CCCCCCCCCC(C)[N]CCCCC. The fourth-order valence-corrected chi connectivity index (χ4v) is 2.16. The molecule has 0 aliphatic heterocycles. The standard InChI is InChI=1S/C16H34N/c1-4-6-8-9-10-11-12-14-16(3)17-15-13-7-5-2/h16H,4-15H2,1-3H3. The molecule has 1 radical (unpaired) electrons. The van der Waals surface area contributed by atoms with Crippen molar-refractivity contribution in [3.63, 3.8) is 0 Å². The second kappa shape index (κ2) is 14.0. The number of nitrogens with zero attached hydrogens (tertiary/aromatic N) is 1. The van der Waals surface area contributed by atoms with Crippen molar-refractivity contribution >= 4 is 0 Å². The van der Waals surface area contributed by atoms with Gasteiger partial charge in [-0.15, -0.1) is 0 Å². The van der Waals surface area contributed by atoms with Crippen molar-refractivity contribution in [3.05, 3.63) is 0 Å². The first-order valence-electron chi connectivity index (χ1n) is 7.97. The maximum atomic E-state index is 4.71. The molecule has 0 saturated carbocycles. The monoisotopic (exact) mass is 240 g/mol. The van der Waals surface area contributed by atoms with E-state index in [4.69, 9.17) is 5.32 Å². The molecular weight excluding hydrogens is 206 g/mol. The number of rotatable bonds is 13. The predicted molar refractivity (Wildman–Crippen MR) is 78.6 cm³/mol. The minimum Gasteiger partial charge on any atom is -0.239 e. The number of unbranched alkanes of at least 4 members (excludes halogenated alkanes) is 8. The van der Waals surface area contributed by atoms with Gasteiger partial charge in [0.1, 0.15) is 0 Å². The lowest BCUT2D eigenvalue weighted by Crippen LogP contribution is -2.19. The van der Waals surface area contributed by atoms with Crippen LogP contribution in [0, 0.1) is 0 Å². The van der Waals surface area contributed by atoms with Crippen LogP contribution in [0.25, 0.3) is 0 Å². The van der Waals surface area contributed by atoms with Crippen LogP contribution >= 0.6 is 0 Å². The van der Waals surface area contributed by atoms with E-state index in [0.717, 1.165) is 6.54 Å². The fourth-order valence-electron chi connectivity index (χ4n) is 2.16. The van der Waals surface area contributed by atoms with Crippen LogP contribution in [0.1, 0.15) is 91.4 Å². The normalized spacial score (nSPS) is 12.9. The summed E-state index contributed by atoms with van der Waals surface area (Å²) >= 11 is 0. The summed E-state index contributed by atoms with van der Waals surface area (Å²) in [6.07, 6.45) is 15.1. The minimum atomic E-state index is 0.600.